The van der Waals surface area contributed by atoms with E-state index in [-0.39, 0.29) is 17.3 Å². The van der Waals surface area contributed by atoms with Crippen molar-refractivity contribution in [3.63, 3.8) is 0 Å². The molecule has 0 aliphatic heterocycles. The van der Waals surface area contributed by atoms with Crippen LogP contribution < -0.4 is 5.73 Å². The summed E-state index contributed by atoms with van der Waals surface area (Å²) >= 11 is 6.04. The third-order valence-corrected chi connectivity index (χ3v) is 3.79. The van der Waals surface area contributed by atoms with Crippen molar-refractivity contribution < 1.29 is 4.39 Å². The van der Waals surface area contributed by atoms with Gasteiger partial charge in [-0.2, -0.15) is 0 Å². The van der Waals surface area contributed by atoms with Crippen LogP contribution in [0.4, 0.5) is 4.39 Å². The van der Waals surface area contributed by atoms with E-state index >= 15 is 0 Å². The average Bonchev–Trinajstić information content (AvgIpc) is 2.20. The molecule has 17 heavy (non-hydrogen) atoms. The summed E-state index contributed by atoms with van der Waals surface area (Å²) in [4.78, 5) is 0. The standard InChI is InChI=1S/C14H21ClFN/c1-9(14(2,3)4)7-13(17)11-8-10(16)5-6-12(11)15/h5-6,8-9,13H,7,17H2,1-4H3. The fourth-order valence-corrected chi connectivity index (χ4v) is 1.92. The zero-order chi connectivity index (χ0) is 13.2. The summed E-state index contributed by atoms with van der Waals surface area (Å²) in [5, 5.41) is 0.542. The number of halogens is 2. The Morgan fingerprint density at radius 2 is 1.94 bits per heavy atom. The third kappa shape index (κ3) is 3.97. The zero-order valence-corrected chi connectivity index (χ0v) is 11.7. The summed E-state index contributed by atoms with van der Waals surface area (Å²) in [6.45, 7) is 8.69. The molecule has 1 aromatic rings. The van der Waals surface area contributed by atoms with Crippen molar-refractivity contribution in [3.05, 3.63) is 34.6 Å². The van der Waals surface area contributed by atoms with Crippen molar-refractivity contribution in [1.82, 2.24) is 0 Å². The Kier molecular flexibility index (Phi) is 4.56. The van der Waals surface area contributed by atoms with Crippen LogP contribution in [-0.2, 0) is 0 Å². The van der Waals surface area contributed by atoms with Gasteiger partial charge >= 0.3 is 0 Å². The van der Waals surface area contributed by atoms with Crippen molar-refractivity contribution in [2.75, 3.05) is 0 Å². The van der Waals surface area contributed by atoms with Gasteiger partial charge in [0.05, 0.1) is 0 Å². The molecule has 96 valence electrons. The molecule has 1 rings (SSSR count). The second kappa shape index (κ2) is 5.36. The molecule has 1 aromatic carbocycles. The largest absolute Gasteiger partial charge is 0.324 e. The van der Waals surface area contributed by atoms with E-state index in [1.54, 1.807) is 6.07 Å². The molecule has 1 nitrogen and oxygen atoms in total. The molecule has 0 aromatic heterocycles. The molecular weight excluding hydrogens is 237 g/mol. The average molecular weight is 258 g/mol. The first-order valence-electron chi connectivity index (χ1n) is 5.92. The monoisotopic (exact) mass is 257 g/mol. The van der Waals surface area contributed by atoms with E-state index in [2.05, 4.69) is 27.7 Å². The maximum Gasteiger partial charge on any atom is 0.123 e. The van der Waals surface area contributed by atoms with Gasteiger partial charge in [0.2, 0.25) is 0 Å². The topological polar surface area (TPSA) is 26.0 Å². The molecule has 0 radical (unpaired) electrons. The maximum absolute atomic E-state index is 13.2. The van der Waals surface area contributed by atoms with Crippen LogP contribution in [0.2, 0.25) is 5.02 Å². The van der Waals surface area contributed by atoms with E-state index in [1.165, 1.54) is 12.1 Å². The van der Waals surface area contributed by atoms with Gasteiger partial charge in [0.15, 0.2) is 0 Å². The van der Waals surface area contributed by atoms with Crippen molar-refractivity contribution in [2.24, 2.45) is 17.1 Å². The van der Waals surface area contributed by atoms with Crippen molar-refractivity contribution >= 4 is 11.6 Å². The summed E-state index contributed by atoms with van der Waals surface area (Å²) in [5.41, 5.74) is 7.00. The van der Waals surface area contributed by atoms with E-state index < -0.39 is 0 Å². The Hall–Kier alpha value is -0.600. The van der Waals surface area contributed by atoms with Gasteiger partial charge in [-0.1, -0.05) is 39.3 Å². The van der Waals surface area contributed by atoms with E-state index in [0.29, 0.717) is 16.5 Å². The lowest BCUT2D eigenvalue weighted by Crippen LogP contribution is -2.23. The molecule has 2 atom stereocenters. The second-order valence-electron chi connectivity index (χ2n) is 5.78. The van der Waals surface area contributed by atoms with E-state index in [9.17, 15) is 4.39 Å². The summed E-state index contributed by atoms with van der Waals surface area (Å²) < 4.78 is 13.2. The Morgan fingerprint density at radius 1 is 1.35 bits per heavy atom. The van der Waals surface area contributed by atoms with Crippen LogP contribution in [0.25, 0.3) is 0 Å². The Labute approximate surface area is 108 Å². The van der Waals surface area contributed by atoms with Gasteiger partial charge in [-0.15, -0.1) is 0 Å². The lowest BCUT2D eigenvalue weighted by molar-refractivity contribution is 0.234. The van der Waals surface area contributed by atoms with Gasteiger partial charge < -0.3 is 5.73 Å². The quantitative estimate of drug-likeness (QED) is 0.845. The number of benzene rings is 1. The SMILES string of the molecule is CC(CC(N)c1cc(F)ccc1Cl)C(C)(C)C. The fraction of sp³-hybridized carbons (Fsp3) is 0.571. The van der Waals surface area contributed by atoms with Crippen LogP contribution in [0.3, 0.4) is 0 Å². The predicted molar refractivity (Wildman–Crippen MR) is 71.6 cm³/mol. The van der Waals surface area contributed by atoms with Gasteiger partial charge in [0, 0.05) is 11.1 Å². The first-order chi connectivity index (χ1) is 7.71. The molecule has 0 bridgehead atoms. The molecule has 0 aliphatic carbocycles. The number of hydrogen-bond acceptors (Lipinski definition) is 1. The summed E-state index contributed by atoms with van der Waals surface area (Å²) in [6.07, 6.45) is 0.798. The van der Waals surface area contributed by atoms with Crippen LogP contribution in [0.5, 0.6) is 0 Å². The molecule has 0 saturated heterocycles. The zero-order valence-electron chi connectivity index (χ0n) is 10.9. The lowest BCUT2D eigenvalue weighted by atomic mass is 9.78. The smallest absolute Gasteiger partial charge is 0.123 e. The Bertz CT molecular complexity index is 384. The van der Waals surface area contributed by atoms with Crippen LogP contribution in [0.1, 0.15) is 45.7 Å². The molecule has 2 unspecified atom stereocenters. The third-order valence-electron chi connectivity index (χ3n) is 3.44. The molecule has 3 heteroatoms. The van der Waals surface area contributed by atoms with Crippen molar-refractivity contribution in [3.8, 4) is 0 Å². The maximum atomic E-state index is 13.2. The van der Waals surface area contributed by atoms with Crippen LogP contribution >= 0.6 is 11.6 Å². The minimum Gasteiger partial charge on any atom is -0.324 e. The molecule has 0 spiro atoms. The van der Waals surface area contributed by atoms with Gasteiger partial charge in [-0.05, 0) is 41.5 Å². The van der Waals surface area contributed by atoms with Crippen molar-refractivity contribution in [2.45, 2.75) is 40.2 Å². The van der Waals surface area contributed by atoms with E-state index in [4.69, 9.17) is 17.3 Å². The van der Waals surface area contributed by atoms with E-state index in [0.717, 1.165) is 6.42 Å². The Balaban J connectivity index is 2.83. The molecule has 0 amide bonds. The highest BCUT2D eigenvalue weighted by Gasteiger charge is 2.23. The predicted octanol–water partition coefficient (Wildman–Crippen LogP) is 4.55. The first kappa shape index (κ1) is 14.5. The first-order valence-corrected chi connectivity index (χ1v) is 6.30. The number of nitrogens with two attached hydrogens (primary N) is 1. The van der Waals surface area contributed by atoms with Crippen LogP contribution in [0, 0.1) is 17.2 Å². The summed E-state index contributed by atoms with van der Waals surface area (Å²) in [7, 11) is 0. The highest BCUT2D eigenvalue weighted by molar-refractivity contribution is 6.31. The molecule has 2 N–H and O–H groups in total. The minimum absolute atomic E-state index is 0.192. The normalized spacial score (nSPS) is 15.7. The minimum atomic E-state index is -0.289. The van der Waals surface area contributed by atoms with Gasteiger partial charge in [0.25, 0.3) is 0 Å². The van der Waals surface area contributed by atoms with Crippen molar-refractivity contribution in [1.29, 1.82) is 0 Å². The second-order valence-corrected chi connectivity index (χ2v) is 6.18. The van der Waals surface area contributed by atoms with E-state index in [1.807, 2.05) is 0 Å². The highest BCUT2D eigenvalue weighted by Crippen LogP contribution is 2.34. The molecule has 0 heterocycles. The number of hydrogen-bond donors (Lipinski definition) is 1. The summed E-state index contributed by atoms with van der Waals surface area (Å²) in [6, 6.07) is 4.13. The molecular formula is C14H21ClFN. The number of rotatable bonds is 3. The highest BCUT2D eigenvalue weighted by atomic mass is 35.5. The van der Waals surface area contributed by atoms with Gasteiger partial charge in [0.1, 0.15) is 5.82 Å². The molecule has 0 saturated carbocycles. The summed E-state index contributed by atoms with van der Waals surface area (Å²) in [5.74, 6) is 0.153. The molecule has 0 fully saturated rings. The van der Waals surface area contributed by atoms with Crippen LogP contribution in [-0.4, -0.2) is 0 Å². The lowest BCUT2D eigenvalue weighted by Gasteiger charge is -2.29. The Morgan fingerprint density at radius 3 is 2.47 bits per heavy atom. The van der Waals surface area contributed by atoms with Gasteiger partial charge in [-0.3, -0.25) is 0 Å². The van der Waals surface area contributed by atoms with Crippen LogP contribution in [0.15, 0.2) is 18.2 Å². The molecule has 0 aliphatic rings. The van der Waals surface area contributed by atoms with Gasteiger partial charge in [-0.25, -0.2) is 4.39 Å². The fourth-order valence-electron chi connectivity index (χ4n) is 1.66.